The number of benzene rings is 3. The number of imide groups is 2. The third kappa shape index (κ3) is 5.19. The maximum Gasteiger partial charge on any atom is 0.335 e. The first-order chi connectivity index (χ1) is 15.8. The lowest BCUT2D eigenvalue weighted by atomic mass is 10.1. The zero-order valence-electron chi connectivity index (χ0n) is 16.8. The number of nitrogens with zero attached hydrogens (tertiary/aromatic N) is 1. The van der Waals surface area contributed by atoms with Gasteiger partial charge in [-0.05, 0) is 85.5 Å². The van der Waals surface area contributed by atoms with Crippen LogP contribution in [-0.4, -0.2) is 17.8 Å². The lowest BCUT2D eigenvalue weighted by molar-refractivity contribution is -0.122. The zero-order valence-corrected chi connectivity index (χ0v) is 20.8. The summed E-state index contributed by atoms with van der Waals surface area (Å²) in [5.74, 6) is -0.898. The molecule has 3 aromatic carbocycles. The topological polar surface area (TPSA) is 75.7 Å². The molecule has 0 aromatic heterocycles. The third-order valence-corrected chi connectivity index (χ3v) is 6.17. The molecule has 0 unspecified atom stereocenters. The highest BCUT2D eigenvalue weighted by Gasteiger charge is 2.36. The van der Waals surface area contributed by atoms with Crippen LogP contribution in [0.3, 0.4) is 0 Å². The molecule has 3 aromatic rings. The molecule has 0 saturated carbocycles. The van der Waals surface area contributed by atoms with Gasteiger partial charge in [0.2, 0.25) is 0 Å². The Morgan fingerprint density at radius 2 is 1.58 bits per heavy atom. The van der Waals surface area contributed by atoms with Crippen LogP contribution in [0.25, 0.3) is 6.08 Å². The number of hydrogen-bond donors (Lipinski definition) is 1. The van der Waals surface area contributed by atoms with Gasteiger partial charge < -0.3 is 4.74 Å². The number of urea groups is 1. The highest BCUT2D eigenvalue weighted by molar-refractivity contribution is 9.11. The summed E-state index contributed by atoms with van der Waals surface area (Å²) in [7, 11) is 0. The Kier molecular flexibility index (Phi) is 6.97. The summed E-state index contributed by atoms with van der Waals surface area (Å²) >= 11 is 12.9. The minimum absolute atomic E-state index is 0.160. The van der Waals surface area contributed by atoms with E-state index in [-0.39, 0.29) is 5.57 Å². The van der Waals surface area contributed by atoms with Crippen LogP contribution in [0.5, 0.6) is 5.75 Å². The minimum Gasteiger partial charge on any atom is -0.487 e. The number of barbiturate groups is 1. The molecular formula is C24H15Br2ClN2O4. The van der Waals surface area contributed by atoms with Crippen molar-refractivity contribution in [1.29, 1.82) is 0 Å². The van der Waals surface area contributed by atoms with Crippen molar-refractivity contribution in [3.05, 3.63) is 97.4 Å². The standard InChI is InChI=1S/C24H15Br2ClN2O4/c25-19-11-15(12-20(26)21(19)33-13-14-6-8-16(27)9-7-14)10-18-22(30)28-24(32)29(23(18)31)17-4-2-1-3-5-17/h1-12H,13H2,(H,28,30,32)/b18-10+. The molecule has 166 valence electrons. The molecular weight excluding hydrogens is 576 g/mol. The summed E-state index contributed by atoms with van der Waals surface area (Å²) < 4.78 is 7.16. The van der Waals surface area contributed by atoms with E-state index in [9.17, 15) is 14.4 Å². The summed E-state index contributed by atoms with van der Waals surface area (Å²) in [6.07, 6.45) is 1.43. The molecule has 6 nitrogen and oxygen atoms in total. The quantitative estimate of drug-likeness (QED) is 0.288. The average Bonchev–Trinajstić information content (AvgIpc) is 2.78. The van der Waals surface area contributed by atoms with Crippen molar-refractivity contribution in [3.8, 4) is 5.75 Å². The molecule has 4 amide bonds. The second-order valence-electron chi connectivity index (χ2n) is 7.02. The van der Waals surface area contributed by atoms with Gasteiger partial charge >= 0.3 is 6.03 Å². The fourth-order valence-corrected chi connectivity index (χ4v) is 4.75. The second kappa shape index (κ2) is 9.91. The number of carbonyl (C=O) groups is 3. The van der Waals surface area contributed by atoms with Crippen LogP contribution in [0.4, 0.5) is 10.5 Å². The molecule has 0 atom stereocenters. The van der Waals surface area contributed by atoms with Gasteiger partial charge in [-0.3, -0.25) is 14.9 Å². The Labute approximate surface area is 211 Å². The van der Waals surface area contributed by atoms with E-state index < -0.39 is 17.8 Å². The van der Waals surface area contributed by atoms with Gasteiger partial charge in [-0.15, -0.1) is 0 Å². The number of anilines is 1. The van der Waals surface area contributed by atoms with E-state index in [2.05, 4.69) is 37.2 Å². The highest BCUT2D eigenvalue weighted by atomic mass is 79.9. The molecule has 0 radical (unpaired) electrons. The lowest BCUT2D eigenvalue weighted by Crippen LogP contribution is -2.54. The lowest BCUT2D eigenvalue weighted by Gasteiger charge is -2.26. The summed E-state index contributed by atoms with van der Waals surface area (Å²) in [5, 5.41) is 2.86. The van der Waals surface area contributed by atoms with Crippen molar-refractivity contribution >= 4 is 73.1 Å². The normalized spacial score (nSPS) is 15.1. The molecule has 0 bridgehead atoms. The molecule has 1 saturated heterocycles. The first-order valence-electron chi connectivity index (χ1n) is 9.66. The van der Waals surface area contributed by atoms with Gasteiger partial charge in [0.05, 0.1) is 14.6 Å². The van der Waals surface area contributed by atoms with Gasteiger partial charge in [0.1, 0.15) is 17.9 Å². The molecule has 0 spiro atoms. The van der Waals surface area contributed by atoms with Crippen molar-refractivity contribution in [2.45, 2.75) is 6.61 Å². The van der Waals surface area contributed by atoms with Crippen LogP contribution in [0.15, 0.2) is 81.2 Å². The Morgan fingerprint density at radius 3 is 2.21 bits per heavy atom. The smallest absolute Gasteiger partial charge is 0.335 e. The van der Waals surface area contributed by atoms with E-state index in [1.54, 1.807) is 54.6 Å². The maximum absolute atomic E-state index is 13.0. The van der Waals surface area contributed by atoms with Crippen molar-refractivity contribution in [2.24, 2.45) is 0 Å². The zero-order chi connectivity index (χ0) is 23.5. The van der Waals surface area contributed by atoms with Gasteiger partial charge in [-0.1, -0.05) is 41.9 Å². The predicted molar refractivity (Wildman–Crippen MR) is 133 cm³/mol. The number of hydrogen-bond acceptors (Lipinski definition) is 4. The Bertz CT molecular complexity index is 1250. The SMILES string of the molecule is O=C1NC(=O)N(c2ccccc2)C(=O)/C1=C/c1cc(Br)c(OCc2ccc(Cl)cc2)c(Br)c1. The minimum atomic E-state index is -0.790. The summed E-state index contributed by atoms with van der Waals surface area (Å²) in [6, 6.07) is 18.4. The van der Waals surface area contributed by atoms with Crippen LogP contribution in [-0.2, 0) is 16.2 Å². The van der Waals surface area contributed by atoms with E-state index >= 15 is 0 Å². The van der Waals surface area contributed by atoms with E-state index in [0.29, 0.717) is 37.6 Å². The Morgan fingerprint density at radius 1 is 0.939 bits per heavy atom. The molecule has 4 rings (SSSR count). The fraction of sp³-hybridized carbons (Fsp3) is 0.0417. The van der Waals surface area contributed by atoms with Gasteiger partial charge in [0, 0.05) is 5.02 Å². The number of rotatable bonds is 5. The van der Waals surface area contributed by atoms with Crippen LogP contribution >= 0.6 is 43.5 Å². The average molecular weight is 591 g/mol. The molecule has 0 aliphatic carbocycles. The fourth-order valence-electron chi connectivity index (χ4n) is 3.17. The molecule has 9 heteroatoms. The first kappa shape index (κ1) is 23.2. The summed E-state index contributed by atoms with van der Waals surface area (Å²) in [6.45, 7) is 0.323. The highest BCUT2D eigenvalue weighted by Crippen LogP contribution is 2.36. The number of amides is 4. The first-order valence-corrected chi connectivity index (χ1v) is 11.6. The van der Waals surface area contributed by atoms with E-state index in [4.69, 9.17) is 16.3 Å². The van der Waals surface area contributed by atoms with E-state index in [1.807, 2.05) is 12.1 Å². The number of nitrogens with one attached hydrogen (secondary N) is 1. The van der Waals surface area contributed by atoms with Gasteiger partial charge in [0.25, 0.3) is 11.8 Å². The second-order valence-corrected chi connectivity index (χ2v) is 9.17. The number of ether oxygens (including phenoxy) is 1. The third-order valence-electron chi connectivity index (χ3n) is 4.74. The molecule has 33 heavy (non-hydrogen) atoms. The van der Waals surface area contributed by atoms with E-state index in [0.717, 1.165) is 10.5 Å². The van der Waals surface area contributed by atoms with Crippen molar-refractivity contribution in [2.75, 3.05) is 4.90 Å². The number of halogens is 3. The summed E-state index contributed by atoms with van der Waals surface area (Å²) in [4.78, 5) is 38.6. The van der Waals surface area contributed by atoms with E-state index in [1.165, 1.54) is 6.08 Å². The van der Waals surface area contributed by atoms with Gasteiger partial charge in [-0.2, -0.15) is 0 Å². The predicted octanol–water partition coefficient (Wildman–Crippen LogP) is 6.11. The van der Waals surface area contributed by atoms with Crippen LogP contribution in [0, 0.1) is 0 Å². The molecule has 1 aliphatic heterocycles. The van der Waals surface area contributed by atoms with Gasteiger partial charge in [0.15, 0.2) is 0 Å². The van der Waals surface area contributed by atoms with Crippen LogP contribution < -0.4 is 15.0 Å². The van der Waals surface area contributed by atoms with Crippen LogP contribution in [0.2, 0.25) is 5.02 Å². The number of para-hydroxylation sites is 1. The molecule has 1 fully saturated rings. The molecule has 1 N–H and O–H groups in total. The van der Waals surface area contributed by atoms with Crippen LogP contribution in [0.1, 0.15) is 11.1 Å². The Hall–Kier alpha value is -2.94. The maximum atomic E-state index is 13.0. The Balaban J connectivity index is 1.60. The van der Waals surface area contributed by atoms with Crippen molar-refractivity contribution in [3.63, 3.8) is 0 Å². The monoisotopic (exact) mass is 588 g/mol. The number of carbonyl (C=O) groups excluding carboxylic acids is 3. The molecule has 1 heterocycles. The molecule has 1 aliphatic rings. The van der Waals surface area contributed by atoms with Gasteiger partial charge in [-0.25, -0.2) is 9.69 Å². The van der Waals surface area contributed by atoms with Crippen molar-refractivity contribution in [1.82, 2.24) is 5.32 Å². The largest absolute Gasteiger partial charge is 0.487 e. The van der Waals surface area contributed by atoms with Crippen molar-refractivity contribution < 1.29 is 19.1 Å². The summed E-state index contributed by atoms with van der Waals surface area (Å²) in [5.41, 5.74) is 1.71.